The molecule has 2 aliphatic rings. The Kier molecular flexibility index (Phi) is 5.86. The maximum Gasteiger partial charge on any atom is 0.322 e. The third-order valence-corrected chi connectivity index (χ3v) is 5.60. The maximum atomic E-state index is 12.7. The van der Waals surface area contributed by atoms with Crippen molar-refractivity contribution < 1.29 is 23.9 Å². The van der Waals surface area contributed by atoms with Crippen LogP contribution < -0.4 is 25.0 Å². The average molecular weight is 404 g/mol. The first kappa shape index (κ1) is 20.8. The molecule has 4 amide bonds. The summed E-state index contributed by atoms with van der Waals surface area (Å²) in [7, 11) is 3.23. The van der Waals surface area contributed by atoms with Crippen molar-refractivity contribution in [2.75, 3.05) is 38.8 Å². The van der Waals surface area contributed by atoms with Gasteiger partial charge < -0.3 is 24.6 Å². The van der Waals surface area contributed by atoms with Gasteiger partial charge in [0, 0.05) is 56.0 Å². The molecule has 0 aromatic heterocycles. The van der Waals surface area contributed by atoms with Crippen LogP contribution in [0.1, 0.15) is 26.7 Å². The molecule has 9 heteroatoms. The van der Waals surface area contributed by atoms with Gasteiger partial charge in [-0.25, -0.2) is 4.79 Å². The van der Waals surface area contributed by atoms with Crippen molar-refractivity contribution in [1.82, 2.24) is 15.5 Å². The number of rotatable bonds is 6. The molecule has 1 aromatic rings. The fourth-order valence-corrected chi connectivity index (χ4v) is 3.80. The number of nitrogens with zero attached hydrogens (tertiary/aromatic N) is 2. The molecule has 0 radical (unpaired) electrons. The Morgan fingerprint density at radius 2 is 1.83 bits per heavy atom. The molecule has 2 N–H and O–H groups in total. The number of anilines is 1. The molecule has 2 heterocycles. The van der Waals surface area contributed by atoms with Gasteiger partial charge in [0.15, 0.2) is 0 Å². The Balaban J connectivity index is 1.60. The van der Waals surface area contributed by atoms with E-state index in [1.54, 1.807) is 21.1 Å². The largest absolute Gasteiger partial charge is 0.497 e. The fourth-order valence-electron chi connectivity index (χ4n) is 3.80. The molecule has 2 fully saturated rings. The number of benzene rings is 1. The summed E-state index contributed by atoms with van der Waals surface area (Å²) in [6.45, 7) is 5.54. The fraction of sp³-hybridized carbons (Fsp3) is 0.550. The van der Waals surface area contributed by atoms with Crippen LogP contribution in [-0.2, 0) is 9.59 Å². The van der Waals surface area contributed by atoms with Gasteiger partial charge in [-0.3, -0.25) is 14.9 Å². The minimum Gasteiger partial charge on any atom is -0.497 e. The number of carbonyl (C=O) groups is 3. The summed E-state index contributed by atoms with van der Waals surface area (Å²) in [6.07, 6.45) is 0.467. The second-order valence-corrected chi connectivity index (χ2v) is 7.69. The summed E-state index contributed by atoms with van der Waals surface area (Å²) in [4.78, 5) is 40.0. The first-order valence-electron chi connectivity index (χ1n) is 9.67. The zero-order chi connectivity index (χ0) is 21.2. The highest BCUT2D eigenvalue weighted by atomic mass is 16.5. The van der Waals surface area contributed by atoms with E-state index in [-0.39, 0.29) is 30.7 Å². The van der Waals surface area contributed by atoms with E-state index in [0.29, 0.717) is 19.6 Å². The predicted octanol–water partition coefficient (Wildman–Crippen LogP) is 1.12. The Labute approximate surface area is 170 Å². The Hall–Kier alpha value is -2.97. The van der Waals surface area contributed by atoms with Crippen LogP contribution in [0.15, 0.2) is 18.2 Å². The number of methoxy groups -OCH3 is 2. The Morgan fingerprint density at radius 1 is 1.17 bits per heavy atom. The second kappa shape index (κ2) is 8.18. The summed E-state index contributed by atoms with van der Waals surface area (Å²) in [5, 5.41) is 4.81. The zero-order valence-corrected chi connectivity index (χ0v) is 17.3. The first-order valence-corrected chi connectivity index (χ1v) is 9.67. The monoisotopic (exact) mass is 404 g/mol. The van der Waals surface area contributed by atoms with E-state index in [2.05, 4.69) is 22.5 Å². The minimum absolute atomic E-state index is 0.0186. The Morgan fingerprint density at radius 3 is 2.34 bits per heavy atom. The first-order chi connectivity index (χ1) is 13.8. The number of hydrogen-bond donors (Lipinski definition) is 2. The summed E-state index contributed by atoms with van der Waals surface area (Å²) < 4.78 is 10.7. The highest BCUT2D eigenvalue weighted by Gasteiger charge is 2.42. The molecule has 0 saturated carbocycles. The van der Waals surface area contributed by atoms with Crippen LogP contribution in [0.5, 0.6) is 11.5 Å². The quantitative estimate of drug-likeness (QED) is 0.690. The van der Waals surface area contributed by atoms with Crippen LogP contribution >= 0.6 is 0 Å². The molecular formula is C20H28N4O5. The molecule has 2 aliphatic heterocycles. The SMILES string of the molecule is COc1cc(OC)cc(N2CCN(C(=O)CCC3(C)NC(=O)NC3=O)C[C@@H]2C)c1. The van der Waals surface area contributed by atoms with Gasteiger partial charge in [-0.1, -0.05) is 0 Å². The predicted molar refractivity (Wildman–Crippen MR) is 107 cm³/mol. The minimum atomic E-state index is -1.03. The van der Waals surface area contributed by atoms with E-state index >= 15 is 0 Å². The summed E-state index contributed by atoms with van der Waals surface area (Å²) >= 11 is 0. The van der Waals surface area contributed by atoms with Crippen molar-refractivity contribution in [2.24, 2.45) is 0 Å². The lowest BCUT2D eigenvalue weighted by atomic mass is 9.95. The van der Waals surface area contributed by atoms with Crippen molar-refractivity contribution in [1.29, 1.82) is 0 Å². The van der Waals surface area contributed by atoms with Crippen LogP contribution in [0.2, 0.25) is 0 Å². The van der Waals surface area contributed by atoms with Crippen molar-refractivity contribution in [2.45, 2.75) is 38.3 Å². The van der Waals surface area contributed by atoms with Gasteiger partial charge in [-0.15, -0.1) is 0 Å². The molecule has 29 heavy (non-hydrogen) atoms. The van der Waals surface area contributed by atoms with Crippen molar-refractivity contribution >= 4 is 23.5 Å². The second-order valence-electron chi connectivity index (χ2n) is 7.69. The molecule has 9 nitrogen and oxygen atoms in total. The third kappa shape index (κ3) is 4.38. The number of amides is 4. The van der Waals surface area contributed by atoms with Gasteiger partial charge in [0.25, 0.3) is 5.91 Å². The van der Waals surface area contributed by atoms with Gasteiger partial charge in [-0.05, 0) is 20.3 Å². The van der Waals surface area contributed by atoms with E-state index in [1.807, 2.05) is 23.1 Å². The summed E-state index contributed by atoms with van der Waals surface area (Å²) in [5.74, 6) is 1.03. The zero-order valence-electron chi connectivity index (χ0n) is 17.3. The smallest absolute Gasteiger partial charge is 0.322 e. The van der Waals surface area contributed by atoms with E-state index in [4.69, 9.17) is 9.47 Å². The van der Waals surface area contributed by atoms with E-state index in [0.717, 1.165) is 17.2 Å². The molecule has 0 aliphatic carbocycles. The van der Waals surface area contributed by atoms with Gasteiger partial charge in [0.2, 0.25) is 5.91 Å². The lowest BCUT2D eigenvalue weighted by Gasteiger charge is -2.41. The average Bonchev–Trinajstić information content (AvgIpc) is 2.97. The highest BCUT2D eigenvalue weighted by Crippen LogP contribution is 2.31. The molecule has 1 unspecified atom stereocenters. The molecule has 0 bridgehead atoms. The van der Waals surface area contributed by atoms with Crippen molar-refractivity contribution in [3.63, 3.8) is 0 Å². The lowest BCUT2D eigenvalue weighted by molar-refractivity contribution is -0.132. The molecule has 0 spiro atoms. The molecular weight excluding hydrogens is 376 g/mol. The van der Waals surface area contributed by atoms with Crippen molar-refractivity contribution in [3.8, 4) is 11.5 Å². The standard InChI is InChI=1S/C20H28N4O5/c1-13-12-23(17(25)5-6-20(2)18(26)21-19(27)22-20)7-8-24(13)14-9-15(28-3)11-16(10-14)29-4/h9-11,13H,5-8,12H2,1-4H3,(H2,21,22,26,27)/t13-,20?/m0/s1. The summed E-state index contributed by atoms with van der Waals surface area (Å²) in [5.41, 5.74) is -0.0456. The molecule has 158 valence electrons. The van der Waals surface area contributed by atoms with Crippen LogP contribution in [0, 0.1) is 0 Å². The van der Waals surface area contributed by atoms with E-state index < -0.39 is 11.6 Å². The third-order valence-electron chi connectivity index (χ3n) is 5.60. The molecule has 3 rings (SSSR count). The number of hydrogen-bond acceptors (Lipinski definition) is 6. The van der Waals surface area contributed by atoms with Gasteiger partial charge in [0.05, 0.1) is 14.2 Å². The van der Waals surface area contributed by atoms with E-state index in [1.165, 1.54) is 0 Å². The highest BCUT2D eigenvalue weighted by molar-refractivity contribution is 6.06. The van der Waals surface area contributed by atoms with Gasteiger partial charge in [0.1, 0.15) is 17.0 Å². The normalized spacial score (nSPS) is 24.2. The number of imide groups is 1. The van der Waals surface area contributed by atoms with Gasteiger partial charge in [-0.2, -0.15) is 0 Å². The van der Waals surface area contributed by atoms with Gasteiger partial charge >= 0.3 is 6.03 Å². The van der Waals surface area contributed by atoms with E-state index in [9.17, 15) is 14.4 Å². The number of nitrogens with one attached hydrogen (secondary N) is 2. The molecule has 1 aromatic carbocycles. The number of piperazine rings is 1. The number of ether oxygens (including phenoxy) is 2. The number of carbonyl (C=O) groups excluding carboxylic acids is 3. The Bertz CT molecular complexity index is 792. The maximum absolute atomic E-state index is 12.7. The number of urea groups is 1. The molecule has 2 atom stereocenters. The van der Waals surface area contributed by atoms with Crippen LogP contribution in [-0.4, -0.2) is 68.2 Å². The lowest BCUT2D eigenvalue weighted by Crippen LogP contribution is -2.54. The van der Waals surface area contributed by atoms with Crippen LogP contribution in [0.25, 0.3) is 0 Å². The van der Waals surface area contributed by atoms with Crippen molar-refractivity contribution in [3.05, 3.63) is 18.2 Å². The summed E-state index contributed by atoms with van der Waals surface area (Å²) in [6, 6.07) is 5.33. The van der Waals surface area contributed by atoms with Crippen LogP contribution in [0.3, 0.4) is 0 Å². The van der Waals surface area contributed by atoms with Crippen LogP contribution in [0.4, 0.5) is 10.5 Å². The molecule has 2 saturated heterocycles. The topological polar surface area (TPSA) is 100 Å².